The van der Waals surface area contributed by atoms with Gasteiger partial charge in [0.1, 0.15) is 17.2 Å². The van der Waals surface area contributed by atoms with Crippen molar-refractivity contribution in [2.75, 3.05) is 6.61 Å². The molecule has 1 atom stereocenters. The largest absolute Gasteiger partial charge is 0.493 e. The molecule has 164 valence electrons. The summed E-state index contributed by atoms with van der Waals surface area (Å²) in [5, 5.41) is 7.94. The first-order chi connectivity index (χ1) is 14.9. The predicted octanol–water partition coefficient (Wildman–Crippen LogP) is 5.87. The topological polar surface area (TPSA) is 86.5 Å². The second-order valence-electron chi connectivity index (χ2n) is 8.01. The maximum Gasteiger partial charge on any atom is 0.279 e. The molecule has 0 radical (unpaired) electrons. The van der Waals surface area contributed by atoms with Gasteiger partial charge in [0.15, 0.2) is 5.76 Å². The van der Waals surface area contributed by atoms with Gasteiger partial charge in [0.05, 0.1) is 28.7 Å². The average Bonchev–Trinajstić information content (AvgIpc) is 3.28. The fraction of sp³-hybridized carbons (Fsp3) is 0.409. The lowest BCUT2D eigenvalue weighted by atomic mass is 10.2. The SMILES string of the molecule is CC(C)COc1ccc(Oc2ncc(-c3cc(C(C)NC(=O)C4CC4)on3)s2)c(Cl)c1. The van der Waals surface area contributed by atoms with Gasteiger partial charge in [0.2, 0.25) is 5.91 Å². The molecule has 1 fully saturated rings. The molecule has 7 nitrogen and oxygen atoms in total. The standard InChI is InChI=1S/C22H24ClN3O4S/c1-12(2)11-28-15-6-7-18(16(23)8-15)29-22-24-10-20(31-22)17-9-19(30-26-17)13(3)25-21(27)14-4-5-14/h6-10,12-14H,4-5,11H2,1-3H3,(H,25,27). The van der Waals surface area contributed by atoms with Crippen molar-refractivity contribution in [2.24, 2.45) is 11.8 Å². The van der Waals surface area contributed by atoms with Crippen molar-refractivity contribution in [1.29, 1.82) is 0 Å². The van der Waals surface area contributed by atoms with Crippen LogP contribution < -0.4 is 14.8 Å². The molecule has 2 heterocycles. The number of ether oxygens (including phenoxy) is 2. The highest BCUT2D eigenvalue weighted by molar-refractivity contribution is 7.16. The molecule has 0 saturated heterocycles. The maximum absolute atomic E-state index is 11.9. The van der Waals surface area contributed by atoms with Crippen LogP contribution in [0.25, 0.3) is 10.6 Å². The molecule has 1 aliphatic rings. The van der Waals surface area contributed by atoms with E-state index in [2.05, 4.69) is 29.3 Å². The third-order valence-corrected chi connectivity index (χ3v) is 5.88. The van der Waals surface area contributed by atoms with Crippen molar-refractivity contribution in [3.8, 4) is 27.3 Å². The fourth-order valence-electron chi connectivity index (χ4n) is 2.79. The van der Waals surface area contributed by atoms with E-state index < -0.39 is 0 Å². The van der Waals surface area contributed by atoms with Gasteiger partial charge in [0, 0.05) is 18.1 Å². The van der Waals surface area contributed by atoms with Crippen LogP contribution in [0.1, 0.15) is 45.4 Å². The molecule has 4 rings (SSSR count). The fourth-order valence-corrected chi connectivity index (χ4v) is 3.73. The maximum atomic E-state index is 11.9. The number of halogens is 1. The van der Waals surface area contributed by atoms with E-state index in [9.17, 15) is 4.79 Å². The summed E-state index contributed by atoms with van der Waals surface area (Å²) in [7, 11) is 0. The zero-order valence-electron chi connectivity index (χ0n) is 17.6. The number of carbonyl (C=O) groups is 1. The van der Waals surface area contributed by atoms with Gasteiger partial charge >= 0.3 is 0 Å². The molecule has 9 heteroatoms. The molecule has 1 amide bonds. The number of rotatable bonds is 9. The molecule has 2 aromatic heterocycles. The van der Waals surface area contributed by atoms with Gasteiger partial charge in [-0.05, 0) is 37.8 Å². The number of thiazole rings is 1. The van der Waals surface area contributed by atoms with Crippen LogP contribution in [0.15, 0.2) is 35.0 Å². The Bertz CT molecular complexity index is 1060. The van der Waals surface area contributed by atoms with Crippen LogP contribution in [-0.2, 0) is 4.79 Å². The van der Waals surface area contributed by atoms with E-state index in [1.807, 2.05) is 19.1 Å². The minimum Gasteiger partial charge on any atom is -0.493 e. The molecule has 0 aliphatic heterocycles. The van der Waals surface area contributed by atoms with E-state index in [4.69, 9.17) is 25.6 Å². The van der Waals surface area contributed by atoms with Crippen LogP contribution in [0, 0.1) is 11.8 Å². The number of aromatic nitrogens is 2. The summed E-state index contributed by atoms with van der Waals surface area (Å²) in [4.78, 5) is 17.0. The Morgan fingerprint density at radius 1 is 1.32 bits per heavy atom. The average molecular weight is 462 g/mol. The van der Waals surface area contributed by atoms with Crippen molar-refractivity contribution in [3.63, 3.8) is 0 Å². The molecule has 1 unspecified atom stereocenters. The van der Waals surface area contributed by atoms with E-state index in [0.717, 1.165) is 17.7 Å². The van der Waals surface area contributed by atoms with Gasteiger partial charge in [-0.25, -0.2) is 4.98 Å². The molecule has 0 spiro atoms. The van der Waals surface area contributed by atoms with Gasteiger partial charge in [-0.2, -0.15) is 0 Å². The summed E-state index contributed by atoms with van der Waals surface area (Å²) >= 11 is 7.66. The van der Waals surface area contributed by atoms with Crippen molar-refractivity contribution in [2.45, 2.75) is 39.7 Å². The smallest absolute Gasteiger partial charge is 0.279 e. The zero-order valence-corrected chi connectivity index (χ0v) is 19.1. The second-order valence-corrected chi connectivity index (χ2v) is 9.41. The monoisotopic (exact) mass is 461 g/mol. The summed E-state index contributed by atoms with van der Waals surface area (Å²) in [6, 6.07) is 6.88. The normalized spacial score (nSPS) is 14.5. The number of hydrogen-bond acceptors (Lipinski definition) is 7. The number of carbonyl (C=O) groups excluding carboxylic acids is 1. The molecule has 1 aliphatic carbocycles. The Hall–Kier alpha value is -2.58. The minimum atomic E-state index is -0.242. The number of nitrogens with zero attached hydrogens (tertiary/aromatic N) is 2. The van der Waals surface area contributed by atoms with Crippen molar-refractivity contribution in [3.05, 3.63) is 41.2 Å². The Morgan fingerprint density at radius 3 is 2.84 bits per heavy atom. The quantitative estimate of drug-likeness (QED) is 0.429. The molecule has 1 saturated carbocycles. The van der Waals surface area contributed by atoms with Crippen molar-refractivity contribution >= 4 is 28.8 Å². The van der Waals surface area contributed by atoms with Gasteiger partial charge in [0.25, 0.3) is 5.19 Å². The first-order valence-electron chi connectivity index (χ1n) is 10.2. The molecular weight excluding hydrogens is 438 g/mol. The molecule has 1 N–H and O–H groups in total. The molecule has 3 aromatic rings. The van der Waals surface area contributed by atoms with E-state index in [-0.39, 0.29) is 17.9 Å². The highest BCUT2D eigenvalue weighted by Crippen LogP contribution is 2.37. The molecule has 31 heavy (non-hydrogen) atoms. The molecule has 0 bridgehead atoms. The van der Waals surface area contributed by atoms with E-state index in [1.165, 1.54) is 11.3 Å². The Morgan fingerprint density at radius 2 is 2.13 bits per heavy atom. The third-order valence-electron chi connectivity index (χ3n) is 4.68. The van der Waals surface area contributed by atoms with Crippen LogP contribution in [0.3, 0.4) is 0 Å². The zero-order chi connectivity index (χ0) is 22.0. The number of hydrogen-bond donors (Lipinski definition) is 1. The summed E-state index contributed by atoms with van der Waals surface area (Å²) in [6.45, 7) is 6.67. The lowest BCUT2D eigenvalue weighted by Crippen LogP contribution is -2.27. The molecule has 1 aromatic carbocycles. The Balaban J connectivity index is 1.39. The summed E-state index contributed by atoms with van der Waals surface area (Å²) in [6.07, 6.45) is 3.59. The highest BCUT2D eigenvalue weighted by Gasteiger charge is 2.31. The summed E-state index contributed by atoms with van der Waals surface area (Å²) in [5.41, 5.74) is 0.637. The summed E-state index contributed by atoms with van der Waals surface area (Å²) in [5.74, 6) is 2.43. The Labute approximate surface area is 189 Å². The lowest BCUT2D eigenvalue weighted by molar-refractivity contribution is -0.123. The highest BCUT2D eigenvalue weighted by atomic mass is 35.5. The Kier molecular flexibility index (Phi) is 6.48. The van der Waals surface area contributed by atoms with Crippen LogP contribution in [0.4, 0.5) is 0 Å². The van der Waals surface area contributed by atoms with Crippen molar-refractivity contribution < 1.29 is 18.8 Å². The van der Waals surface area contributed by atoms with Crippen LogP contribution >= 0.6 is 22.9 Å². The first-order valence-corrected chi connectivity index (χ1v) is 11.4. The number of nitrogens with one attached hydrogen (secondary N) is 1. The van der Waals surface area contributed by atoms with Gasteiger partial charge in [-0.1, -0.05) is 41.9 Å². The van der Waals surface area contributed by atoms with E-state index >= 15 is 0 Å². The molecular formula is C22H24ClN3O4S. The second kappa shape index (κ2) is 9.28. The minimum absolute atomic E-state index is 0.0661. The van der Waals surface area contributed by atoms with Crippen molar-refractivity contribution in [1.82, 2.24) is 15.5 Å². The van der Waals surface area contributed by atoms with Crippen LogP contribution in [0.2, 0.25) is 5.02 Å². The lowest BCUT2D eigenvalue weighted by Gasteiger charge is -2.10. The van der Waals surface area contributed by atoms with Gasteiger partial charge < -0.3 is 19.3 Å². The van der Waals surface area contributed by atoms with E-state index in [1.54, 1.807) is 18.3 Å². The van der Waals surface area contributed by atoms with Crippen LogP contribution in [-0.4, -0.2) is 22.7 Å². The van der Waals surface area contributed by atoms with Crippen LogP contribution in [0.5, 0.6) is 16.7 Å². The number of benzene rings is 1. The summed E-state index contributed by atoms with van der Waals surface area (Å²) < 4.78 is 16.9. The van der Waals surface area contributed by atoms with E-state index in [0.29, 0.717) is 45.7 Å². The van der Waals surface area contributed by atoms with Gasteiger partial charge in [-0.3, -0.25) is 4.79 Å². The predicted molar refractivity (Wildman–Crippen MR) is 119 cm³/mol. The third kappa shape index (κ3) is 5.57. The first kappa shape index (κ1) is 21.6. The van der Waals surface area contributed by atoms with Gasteiger partial charge in [-0.15, -0.1) is 0 Å². The number of amides is 1.